The molecule has 4 heteroatoms. The zero-order chi connectivity index (χ0) is 11.2. The maximum absolute atomic E-state index is 5.51. The number of nitrogens with two attached hydrogens (primary N) is 1. The number of nitrogens with zero attached hydrogens (tertiary/aromatic N) is 2. The summed E-state index contributed by atoms with van der Waals surface area (Å²) in [5.41, 5.74) is 6.46. The monoisotopic (exact) mass is 217 g/mol. The fourth-order valence-electron chi connectivity index (χ4n) is 1.40. The van der Waals surface area contributed by atoms with Gasteiger partial charge < -0.3 is 15.0 Å². The van der Waals surface area contributed by atoms with E-state index in [1.54, 1.807) is 12.5 Å². The van der Waals surface area contributed by atoms with Crippen LogP contribution in [0.15, 0.2) is 43.0 Å². The van der Waals surface area contributed by atoms with Gasteiger partial charge in [-0.25, -0.2) is 4.98 Å². The number of rotatable bonds is 5. The Morgan fingerprint density at radius 1 is 1.25 bits per heavy atom. The minimum Gasteiger partial charge on any atom is -0.494 e. The van der Waals surface area contributed by atoms with Gasteiger partial charge in [-0.3, -0.25) is 0 Å². The smallest absolute Gasteiger partial charge is 0.119 e. The highest BCUT2D eigenvalue weighted by Crippen LogP contribution is 2.14. The quantitative estimate of drug-likeness (QED) is 0.774. The second-order valence-corrected chi connectivity index (χ2v) is 3.45. The molecule has 0 spiro atoms. The van der Waals surface area contributed by atoms with Gasteiger partial charge in [0.15, 0.2) is 0 Å². The molecule has 0 aliphatic rings. The Morgan fingerprint density at radius 3 is 2.69 bits per heavy atom. The van der Waals surface area contributed by atoms with Crippen LogP contribution in [0.5, 0.6) is 5.75 Å². The lowest BCUT2D eigenvalue weighted by atomic mass is 10.3. The van der Waals surface area contributed by atoms with Crippen molar-refractivity contribution < 1.29 is 4.74 Å². The summed E-state index contributed by atoms with van der Waals surface area (Å²) in [6.45, 7) is 1.33. The lowest BCUT2D eigenvalue weighted by Gasteiger charge is -2.06. The van der Waals surface area contributed by atoms with Crippen LogP contribution in [0, 0.1) is 0 Å². The van der Waals surface area contributed by atoms with Crippen molar-refractivity contribution >= 4 is 0 Å². The van der Waals surface area contributed by atoms with Crippen LogP contribution in [0.3, 0.4) is 0 Å². The summed E-state index contributed by atoms with van der Waals surface area (Å²) in [5.74, 6) is 0.873. The van der Waals surface area contributed by atoms with E-state index >= 15 is 0 Å². The van der Waals surface area contributed by atoms with Crippen LogP contribution in [-0.4, -0.2) is 22.7 Å². The SMILES string of the molecule is NCCCOc1ccc(-n2ccnc2)cc1. The first kappa shape index (κ1) is 10.7. The Labute approximate surface area is 94.7 Å². The van der Waals surface area contributed by atoms with Gasteiger partial charge in [-0.1, -0.05) is 0 Å². The van der Waals surface area contributed by atoms with Crippen molar-refractivity contribution in [3.05, 3.63) is 43.0 Å². The zero-order valence-corrected chi connectivity index (χ0v) is 9.04. The van der Waals surface area contributed by atoms with Crippen LogP contribution >= 0.6 is 0 Å². The van der Waals surface area contributed by atoms with Crippen LogP contribution in [0.2, 0.25) is 0 Å². The maximum atomic E-state index is 5.51. The standard InChI is InChI=1S/C12H15N3O/c13-6-1-9-16-12-4-2-11(3-5-12)15-8-7-14-10-15/h2-5,7-8,10H,1,6,9,13H2. The molecule has 0 amide bonds. The van der Waals surface area contributed by atoms with Gasteiger partial charge in [-0.2, -0.15) is 0 Å². The third-order valence-corrected chi connectivity index (χ3v) is 2.26. The van der Waals surface area contributed by atoms with Gasteiger partial charge >= 0.3 is 0 Å². The van der Waals surface area contributed by atoms with E-state index in [0.29, 0.717) is 13.2 Å². The normalized spacial score (nSPS) is 10.3. The Bertz CT molecular complexity index is 408. The lowest BCUT2D eigenvalue weighted by Crippen LogP contribution is -2.06. The molecule has 0 aliphatic carbocycles. The average Bonchev–Trinajstić information content (AvgIpc) is 2.84. The first-order valence-electron chi connectivity index (χ1n) is 5.31. The second kappa shape index (κ2) is 5.32. The molecular weight excluding hydrogens is 202 g/mol. The van der Waals surface area contributed by atoms with Crippen molar-refractivity contribution in [2.24, 2.45) is 5.73 Å². The topological polar surface area (TPSA) is 53.1 Å². The molecule has 2 rings (SSSR count). The van der Waals surface area contributed by atoms with E-state index in [9.17, 15) is 0 Å². The fourth-order valence-corrected chi connectivity index (χ4v) is 1.40. The summed E-state index contributed by atoms with van der Waals surface area (Å²) in [5, 5.41) is 0. The van der Waals surface area contributed by atoms with Crippen LogP contribution < -0.4 is 10.5 Å². The molecule has 0 saturated carbocycles. The number of hydrogen-bond acceptors (Lipinski definition) is 3. The van der Waals surface area contributed by atoms with E-state index in [1.807, 2.05) is 35.0 Å². The summed E-state index contributed by atoms with van der Waals surface area (Å²) in [4.78, 5) is 4.00. The molecule has 1 heterocycles. The van der Waals surface area contributed by atoms with Gasteiger partial charge in [-0.05, 0) is 37.2 Å². The molecule has 0 radical (unpaired) electrons. The minimum atomic E-state index is 0.660. The van der Waals surface area contributed by atoms with Crippen molar-refractivity contribution in [2.75, 3.05) is 13.2 Å². The molecular formula is C12H15N3O. The Kier molecular flexibility index (Phi) is 3.56. The molecule has 0 bridgehead atoms. The van der Waals surface area contributed by atoms with Crippen LogP contribution in [0.1, 0.15) is 6.42 Å². The Morgan fingerprint density at radius 2 is 2.06 bits per heavy atom. The van der Waals surface area contributed by atoms with Gasteiger partial charge in [0, 0.05) is 18.1 Å². The third-order valence-electron chi connectivity index (χ3n) is 2.26. The molecule has 0 fully saturated rings. The summed E-state index contributed by atoms with van der Waals surface area (Å²) in [6.07, 6.45) is 6.31. The van der Waals surface area contributed by atoms with E-state index in [-0.39, 0.29) is 0 Å². The number of ether oxygens (including phenoxy) is 1. The van der Waals surface area contributed by atoms with Crippen LogP contribution in [0.25, 0.3) is 5.69 Å². The van der Waals surface area contributed by atoms with Gasteiger partial charge in [0.25, 0.3) is 0 Å². The summed E-state index contributed by atoms with van der Waals surface area (Å²) < 4.78 is 7.46. The number of hydrogen-bond donors (Lipinski definition) is 1. The largest absolute Gasteiger partial charge is 0.494 e. The van der Waals surface area contributed by atoms with Gasteiger partial charge in [0.2, 0.25) is 0 Å². The van der Waals surface area contributed by atoms with Gasteiger partial charge in [-0.15, -0.1) is 0 Å². The zero-order valence-electron chi connectivity index (χ0n) is 9.04. The molecule has 0 unspecified atom stereocenters. The Hall–Kier alpha value is -1.81. The first-order valence-corrected chi connectivity index (χ1v) is 5.31. The van der Waals surface area contributed by atoms with Gasteiger partial charge in [0.05, 0.1) is 12.9 Å². The summed E-state index contributed by atoms with van der Waals surface area (Å²) >= 11 is 0. The highest BCUT2D eigenvalue weighted by molar-refractivity contribution is 5.37. The molecule has 0 saturated heterocycles. The van der Waals surface area contributed by atoms with E-state index in [4.69, 9.17) is 10.5 Å². The number of aromatic nitrogens is 2. The molecule has 84 valence electrons. The minimum absolute atomic E-state index is 0.660. The molecule has 1 aromatic carbocycles. The third kappa shape index (κ3) is 2.61. The van der Waals surface area contributed by atoms with Crippen molar-refractivity contribution in [3.63, 3.8) is 0 Å². The molecule has 0 atom stereocenters. The van der Waals surface area contributed by atoms with Crippen molar-refractivity contribution in [3.8, 4) is 11.4 Å². The molecule has 0 aliphatic heterocycles. The average molecular weight is 217 g/mol. The van der Waals surface area contributed by atoms with Gasteiger partial charge in [0.1, 0.15) is 5.75 Å². The molecule has 16 heavy (non-hydrogen) atoms. The first-order chi connectivity index (χ1) is 7.90. The summed E-state index contributed by atoms with van der Waals surface area (Å²) in [6, 6.07) is 7.90. The molecule has 1 aromatic heterocycles. The maximum Gasteiger partial charge on any atom is 0.119 e. The van der Waals surface area contributed by atoms with Crippen LogP contribution in [0.4, 0.5) is 0 Å². The highest BCUT2D eigenvalue weighted by Gasteiger charge is 1.96. The second-order valence-electron chi connectivity index (χ2n) is 3.45. The molecule has 2 aromatic rings. The number of imidazole rings is 1. The van der Waals surface area contributed by atoms with Crippen molar-refractivity contribution in [2.45, 2.75) is 6.42 Å². The predicted molar refractivity (Wildman–Crippen MR) is 62.7 cm³/mol. The fraction of sp³-hybridized carbons (Fsp3) is 0.250. The predicted octanol–water partition coefficient (Wildman–Crippen LogP) is 1.60. The highest BCUT2D eigenvalue weighted by atomic mass is 16.5. The van der Waals surface area contributed by atoms with E-state index in [0.717, 1.165) is 17.9 Å². The van der Waals surface area contributed by atoms with Crippen LogP contribution in [-0.2, 0) is 0 Å². The lowest BCUT2D eigenvalue weighted by molar-refractivity contribution is 0.313. The van der Waals surface area contributed by atoms with E-state index in [1.165, 1.54) is 0 Å². The number of benzene rings is 1. The van der Waals surface area contributed by atoms with Crippen molar-refractivity contribution in [1.29, 1.82) is 0 Å². The van der Waals surface area contributed by atoms with E-state index in [2.05, 4.69) is 4.98 Å². The molecule has 2 N–H and O–H groups in total. The van der Waals surface area contributed by atoms with Crippen molar-refractivity contribution in [1.82, 2.24) is 9.55 Å². The molecule has 4 nitrogen and oxygen atoms in total. The Balaban J connectivity index is 2.00. The van der Waals surface area contributed by atoms with E-state index < -0.39 is 0 Å². The summed E-state index contributed by atoms with van der Waals surface area (Å²) in [7, 11) is 0.